The number of hydrogen-bond donors (Lipinski definition) is 5. The Kier molecular flexibility index (Phi) is 19.6. The second-order valence-electron chi connectivity index (χ2n) is 10.5. The van der Waals surface area contributed by atoms with E-state index in [9.17, 15) is 28.9 Å². The minimum atomic E-state index is -1.53. The highest BCUT2D eigenvalue weighted by Crippen LogP contribution is 2.33. The molecule has 1 aromatic rings. The summed E-state index contributed by atoms with van der Waals surface area (Å²) in [6, 6.07) is 6.77. The van der Waals surface area contributed by atoms with Crippen LogP contribution in [-0.4, -0.2) is 83.8 Å². The molecule has 0 aliphatic carbocycles. The van der Waals surface area contributed by atoms with Crippen LogP contribution in [0.25, 0.3) is 0 Å². The number of nitrogens with one attached hydrogen (secondary N) is 3. The molecule has 12 nitrogen and oxygen atoms in total. The van der Waals surface area contributed by atoms with Crippen molar-refractivity contribution < 1.29 is 38.5 Å². The third kappa shape index (κ3) is 16.0. The first kappa shape index (κ1) is 38.7. The Morgan fingerprint density at radius 1 is 1.05 bits per heavy atom. The zero-order chi connectivity index (χ0) is 32.9. The first-order valence-corrected chi connectivity index (χ1v) is 16.1. The van der Waals surface area contributed by atoms with E-state index in [-0.39, 0.29) is 55.3 Å². The molecule has 1 aliphatic rings. The van der Waals surface area contributed by atoms with Gasteiger partial charge < -0.3 is 35.3 Å². The molecule has 0 saturated heterocycles. The lowest BCUT2D eigenvalue weighted by Crippen LogP contribution is -2.47. The summed E-state index contributed by atoms with van der Waals surface area (Å²) in [5.74, 6) is -0.863. The van der Waals surface area contributed by atoms with Gasteiger partial charge in [-0.3, -0.25) is 24.1 Å². The van der Waals surface area contributed by atoms with E-state index >= 15 is 0 Å². The van der Waals surface area contributed by atoms with Gasteiger partial charge in [0.05, 0.1) is 25.8 Å². The van der Waals surface area contributed by atoms with Crippen LogP contribution in [0.1, 0.15) is 58.4 Å². The van der Waals surface area contributed by atoms with Crippen LogP contribution in [0.5, 0.6) is 0 Å². The number of aliphatic hydroxyl groups excluding tert-OH is 1. The third-order valence-electron chi connectivity index (χ3n) is 6.47. The van der Waals surface area contributed by atoms with Crippen LogP contribution in [-0.2, 0) is 35.1 Å². The molecule has 0 saturated carbocycles. The molecular formula is C31H47N4O8P. The molecule has 44 heavy (non-hydrogen) atoms. The van der Waals surface area contributed by atoms with Crippen molar-refractivity contribution in [1.29, 1.82) is 0 Å². The molecular weight excluding hydrogens is 587 g/mol. The highest BCUT2D eigenvalue weighted by Gasteiger charge is 2.22. The Balaban J connectivity index is 0.000000574. The summed E-state index contributed by atoms with van der Waals surface area (Å²) in [4.78, 5) is 67.4. The lowest BCUT2D eigenvalue weighted by molar-refractivity contribution is -0.137. The van der Waals surface area contributed by atoms with Crippen LogP contribution in [0.2, 0.25) is 0 Å². The average Bonchev–Trinajstić information content (AvgIpc) is 3.32. The van der Waals surface area contributed by atoms with Crippen molar-refractivity contribution in [2.45, 2.75) is 65.5 Å². The smallest absolute Gasteiger partial charge is 0.253 e. The third-order valence-corrected chi connectivity index (χ3v) is 7.54. The summed E-state index contributed by atoms with van der Waals surface area (Å²) in [5, 5.41) is 17.2. The minimum Gasteiger partial charge on any atom is -0.392 e. The van der Waals surface area contributed by atoms with Crippen molar-refractivity contribution in [2.24, 2.45) is 5.92 Å². The molecule has 4 amide bonds. The van der Waals surface area contributed by atoms with Crippen LogP contribution < -0.4 is 16.0 Å². The average molecular weight is 635 g/mol. The number of imide groups is 1. The highest BCUT2D eigenvalue weighted by atomic mass is 31.2. The lowest BCUT2D eigenvalue weighted by atomic mass is 10.0. The number of anilines is 1. The van der Waals surface area contributed by atoms with E-state index in [0.717, 1.165) is 36.7 Å². The number of carbonyl (C=O) groups excluding carboxylic acids is 5. The molecule has 0 bridgehead atoms. The molecule has 2 atom stereocenters. The van der Waals surface area contributed by atoms with Crippen LogP contribution in [0, 0.1) is 5.92 Å². The quantitative estimate of drug-likeness (QED) is 0.0504. The SMILES string of the molecule is CNC(C(=O)NCC(=O)Nc1ccc(COP(O)CC/C=C(\C)CO)cc1)C(C)C.O=CCCCCCN1C(=O)C=CC1=O. The zero-order valence-corrected chi connectivity index (χ0v) is 27.0. The van der Waals surface area contributed by atoms with E-state index in [1.165, 1.54) is 17.1 Å². The molecule has 244 valence electrons. The molecule has 0 fully saturated rings. The number of amides is 4. The van der Waals surface area contributed by atoms with Crippen molar-refractivity contribution in [1.82, 2.24) is 15.5 Å². The van der Waals surface area contributed by atoms with Crippen LogP contribution in [0.3, 0.4) is 0 Å². The molecule has 0 spiro atoms. The van der Waals surface area contributed by atoms with Gasteiger partial charge in [0.25, 0.3) is 11.8 Å². The van der Waals surface area contributed by atoms with E-state index in [1.54, 1.807) is 19.2 Å². The van der Waals surface area contributed by atoms with Crippen LogP contribution in [0.4, 0.5) is 5.69 Å². The summed E-state index contributed by atoms with van der Waals surface area (Å²) in [6.07, 6.45) is 9.53. The normalized spacial score (nSPS) is 14.2. The van der Waals surface area contributed by atoms with Crippen molar-refractivity contribution in [3.63, 3.8) is 0 Å². The van der Waals surface area contributed by atoms with Gasteiger partial charge in [0, 0.05) is 37.0 Å². The molecule has 0 radical (unpaired) electrons. The van der Waals surface area contributed by atoms with Crippen LogP contribution >= 0.6 is 8.38 Å². The highest BCUT2D eigenvalue weighted by molar-refractivity contribution is 7.46. The van der Waals surface area contributed by atoms with Gasteiger partial charge in [-0.2, -0.15) is 0 Å². The number of likely N-dealkylation sites (N-methyl/N-ethyl adjacent to an activating group) is 1. The van der Waals surface area contributed by atoms with Gasteiger partial charge >= 0.3 is 0 Å². The number of rotatable bonds is 19. The summed E-state index contributed by atoms with van der Waals surface area (Å²) >= 11 is 0. The lowest BCUT2D eigenvalue weighted by Gasteiger charge is -2.19. The Labute approximate surface area is 261 Å². The number of aliphatic hydroxyl groups is 1. The Bertz CT molecular complexity index is 1110. The van der Waals surface area contributed by atoms with E-state index in [2.05, 4.69) is 16.0 Å². The number of benzene rings is 1. The van der Waals surface area contributed by atoms with Gasteiger partial charge in [0.1, 0.15) is 6.29 Å². The van der Waals surface area contributed by atoms with Gasteiger partial charge in [-0.1, -0.05) is 44.1 Å². The molecule has 2 unspecified atom stereocenters. The number of allylic oxidation sites excluding steroid dienone is 1. The van der Waals surface area contributed by atoms with Gasteiger partial charge in [-0.05, 0) is 56.8 Å². The van der Waals surface area contributed by atoms with Crippen molar-refractivity contribution in [3.05, 3.63) is 53.6 Å². The standard InChI is InChI=1S/C21H34N3O5P.C10H13NO3/c1-15(2)20(22-4)21(27)23-12-19(26)24-18-9-7-17(8-10-18)14-29-30(28)11-5-6-16(3)13-25;12-8-4-2-1-3-7-11-9(13)5-6-10(11)14/h6-10,15,20,22,25,28H,5,11-14H2,1-4H3,(H,23,27)(H,24,26);5-6,8H,1-4,7H2/b16-6+;. The van der Waals surface area contributed by atoms with Crippen molar-refractivity contribution >= 4 is 44.0 Å². The molecule has 1 heterocycles. The maximum Gasteiger partial charge on any atom is 0.253 e. The topological polar surface area (TPSA) is 174 Å². The van der Waals surface area contributed by atoms with E-state index in [1.807, 2.05) is 39.0 Å². The zero-order valence-electron chi connectivity index (χ0n) is 26.1. The monoisotopic (exact) mass is 634 g/mol. The largest absolute Gasteiger partial charge is 0.392 e. The summed E-state index contributed by atoms with van der Waals surface area (Å²) < 4.78 is 5.47. The van der Waals surface area contributed by atoms with Gasteiger partial charge in [-0.25, -0.2) is 0 Å². The Morgan fingerprint density at radius 2 is 1.70 bits per heavy atom. The Morgan fingerprint density at radius 3 is 2.27 bits per heavy atom. The minimum absolute atomic E-state index is 0.0217. The van der Waals surface area contributed by atoms with Gasteiger partial charge in [-0.15, -0.1) is 0 Å². The predicted molar refractivity (Wildman–Crippen MR) is 170 cm³/mol. The number of unbranched alkanes of at least 4 members (excludes halogenated alkanes) is 3. The fourth-order valence-corrected chi connectivity index (χ4v) is 4.74. The van der Waals surface area contributed by atoms with Crippen LogP contribution in [0.15, 0.2) is 48.1 Å². The van der Waals surface area contributed by atoms with E-state index < -0.39 is 8.38 Å². The first-order valence-electron chi connectivity index (χ1n) is 14.7. The van der Waals surface area contributed by atoms with E-state index in [0.29, 0.717) is 31.2 Å². The second-order valence-corrected chi connectivity index (χ2v) is 11.9. The predicted octanol–water partition coefficient (Wildman–Crippen LogP) is 2.81. The van der Waals surface area contributed by atoms with Crippen molar-refractivity contribution in [3.8, 4) is 0 Å². The van der Waals surface area contributed by atoms with E-state index in [4.69, 9.17) is 9.63 Å². The van der Waals surface area contributed by atoms with Gasteiger partial charge in [0.2, 0.25) is 11.8 Å². The van der Waals surface area contributed by atoms with Crippen molar-refractivity contribution in [2.75, 3.05) is 38.2 Å². The summed E-state index contributed by atoms with van der Waals surface area (Å²) in [5.41, 5.74) is 2.36. The molecule has 2 rings (SSSR count). The Hall–Kier alpha value is -3.28. The number of hydrogen-bond acceptors (Lipinski definition) is 9. The first-order chi connectivity index (χ1) is 21.0. The molecule has 13 heteroatoms. The molecule has 0 aromatic heterocycles. The number of nitrogens with zero attached hydrogens (tertiary/aromatic N) is 1. The fourth-order valence-electron chi connectivity index (χ4n) is 3.96. The summed E-state index contributed by atoms with van der Waals surface area (Å²) in [7, 11) is 0.187. The second kappa shape index (κ2) is 22.3. The van der Waals surface area contributed by atoms with Gasteiger partial charge in [0.15, 0.2) is 8.38 Å². The summed E-state index contributed by atoms with van der Waals surface area (Å²) in [6.45, 7) is 6.35. The number of carbonyl (C=O) groups is 5. The maximum atomic E-state index is 12.1. The number of aldehydes is 1. The molecule has 1 aromatic carbocycles. The maximum absolute atomic E-state index is 12.1. The molecule has 1 aliphatic heterocycles. The molecule has 5 N–H and O–H groups in total. The fraction of sp³-hybridized carbons (Fsp3) is 0.516.